The van der Waals surface area contributed by atoms with Gasteiger partial charge in [0.2, 0.25) is 5.91 Å². The maximum atomic E-state index is 12.1. The first-order valence-corrected chi connectivity index (χ1v) is 7.16. The zero-order valence-corrected chi connectivity index (χ0v) is 11.3. The Morgan fingerprint density at radius 3 is 2.79 bits per heavy atom. The van der Waals surface area contributed by atoms with Gasteiger partial charge in [-0.25, -0.2) is 0 Å². The molecule has 0 saturated carbocycles. The predicted octanol–water partition coefficient (Wildman–Crippen LogP) is 0.871. The van der Waals surface area contributed by atoms with E-state index < -0.39 is 0 Å². The summed E-state index contributed by atoms with van der Waals surface area (Å²) >= 11 is 0. The molecule has 1 N–H and O–H groups in total. The number of carbonyl (C=O) groups is 1. The molecule has 2 aliphatic rings. The van der Waals surface area contributed by atoms with Crippen molar-refractivity contribution in [2.75, 3.05) is 44.2 Å². The molecule has 0 aliphatic carbocycles. The van der Waals surface area contributed by atoms with E-state index in [1.807, 2.05) is 4.90 Å². The number of amides is 1. The molecule has 4 nitrogen and oxygen atoms in total. The molecule has 1 saturated heterocycles. The van der Waals surface area contributed by atoms with Gasteiger partial charge in [-0.1, -0.05) is 18.2 Å². The Bertz CT molecular complexity index is 454. The Balaban J connectivity index is 1.54. The van der Waals surface area contributed by atoms with E-state index in [-0.39, 0.29) is 0 Å². The second kappa shape index (κ2) is 5.61. The fraction of sp³-hybridized carbons (Fsp3) is 0.533. The van der Waals surface area contributed by atoms with E-state index in [2.05, 4.69) is 34.5 Å². The summed E-state index contributed by atoms with van der Waals surface area (Å²) in [5.74, 6) is 0.297. The summed E-state index contributed by atoms with van der Waals surface area (Å²) in [5.41, 5.74) is 2.73. The van der Waals surface area contributed by atoms with Crippen molar-refractivity contribution < 1.29 is 4.79 Å². The smallest absolute Gasteiger partial charge is 0.224 e. The van der Waals surface area contributed by atoms with Gasteiger partial charge < -0.3 is 15.1 Å². The molecule has 0 aromatic heterocycles. The molecule has 102 valence electrons. The number of fused-ring (bicyclic) bond motifs is 1. The number of benzene rings is 1. The Kier molecular flexibility index (Phi) is 3.69. The average molecular weight is 259 g/mol. The summed E-state index contributed by atoms with van der Waals surface area (Å²) in [6.07, 6.45) is 1.74. The number of nitrogens with one attached hydrogen (secondary N) is 1. The van der Waals surface area contributed by atoms with E-state index in [1.165, 1.54) is 11.3 Å². The molecular weight excluding hydrogens is 238 g/mol. The Hall–Kier alpha value is -1.55. The second-order valence-electron chi connectivity index (χ2n) is 5.25. The molecular formula is C15H21N3O. The van der Waals surface area contributed by atoms with Gasteiger partial charge in [-0.3, -0.25) is 4.79 Å². The third-order valence-electron chi connectivity index (χ3n) is 4.05. The highest BCUT2D eigenvalue weighted by Crippen LogP contribution is 2.27. The van der Waals surface area contributed by atoms with Crippen LogP contribution in [0.5, 0.6) is 0 Å². The Morgan fingerprint density at radius 1 is 1.16 bits per heavy atom. The number of anilines is 1. The highest BCUT2D eigenvalue weighted by atomic mass is 16.2. The van der Waals surface area contributed by atoms with Gasteiger partial charge in [0.15, 0.2) is 0 Å². The van der Waals surface area contributed by atoms with Crippen molar-refractivity contribution in [3.05, 3.63) is 29.8 Å². The van der Waals surface area contributed by atoms with E-state index in [0.717, 1.165) is 45.7 Å². The fourth-order valence-corrected chi connectivity index (χ4v) is 2.94. The van der Waals surface area contributed by atoms with Crippen LogP contribution in [0.15, 0.2) is 24.3 Å². The topological polar surface area (TPSA) is 35.6 Å². The van der Waals surface area contributed by atoms with E-state index in [4.69, 9.17) is 0 Å². The third-order valence-corrected chi connectivity index (χ3v) is 4.05. The van der Waals surface area contributed by atoms with Gasteiger partial charge in [0, 0.05) is 51.4 Å². The lowest BCUT2D eigenvalue weighted by atomic mass is 10.2. The van der Waals surface area contributed by atoms with Crippen LogP contribution in [0.2, 0.25) is 0 Å². The first kappa shape index (κ1) is 12.5. The largest absolute Gasteiger partial charge is 0.370 e. The molecule has 0 spiro atoms. The number of rotatable bonds is 3. The summed E-state index contributed by atoms with van der Waals surface area (Å²) in [6.45, 7) is 5.47. The van der Waals surface area contributed by atoms with Crippen LogP contribution in [0.1, 0.15) is 12.0 Å². The lowest BCUT2D eigenvalue weighted by Gasteiger charge is -2.28. The number of nitrogens with zero attached hydrogens (tertiary/aromatic N) is 2. The first-order valence-electron chi connectivity index (χ1n) is 7.16. The lowest BCUT2D eigenvalue weighted by Crippen LogP contribution is -2.47. The molecule has 4 heteroatoms. The molecule has 1 amide bonds. The molecule has 1 fully saturated rings. The highest BCUT2D eigenvalue weighted by Gasteiger charge is 2.21. The minimum Gasteiger partial charge on any atom is -0.370 e. The standard InChI is InChI=1S/C15H21N3O/c19-15(18-11-7-16-8-12-18)6-10-17-9-5-13-3-1-2-4-14(13)17/h1-4,16H,5-12H2. The monoisotopic (exact) mass is 259 g/mol. The van der Waals surface area contributed by atoms with E-state index in [0.29, 0.717) is 12.3 Å². The molecule has 19 heavy (non-hydrogen) atoms. The van der Waals surface area contributed by atoms with E-state index in [9.17, 15) is 4.79 Å². The average Bonchev–Trinajstić information content (AvgIpc) is 2.89. The highest BCUT2D eigenvalue weighted by molar-refractivity contribution is 5.77. The minimum atomic E-state index is 0.297. The maximum Gasteiger partial charge on any atom is 0.224 e. The third kappa shape index (κ3) is 2.73. The molecule has 0 bridgehead atoms. The molecule has 2 heterocycles. The summed E-state index contributed by atoms with van der Waals surface area (Å²) in [5, 5.41) is 3.28. The molecule has 3 rings (SSSR count). The number of hydrogen-bond acceptors (Lipinski definition) is 3. The fourth-order valence-electron chi connectivity index (χ4n) is 2.94. The number of piperazine rings is 1. The lowest BCUT2D eigenvalue weighted by molar-refractivity contribution is -0.131. The maximum absolute atomic E-state index is 12.1. The zero-order chi connectivity index (χ0) is 13.1. The van der Waals surface area contributed by atoms with Crippen molar-refractivity contribution in [3.8, 4) is 0 Å². The normalized spacial score (nSPS) is 18.5. The first-order chi connectivity index (χ1) is 9.34. The second-order valence-corrected chi connectivity index (χ2v) is 5.25. The molecule has 2 aliphatic heterocycles. The van der Waals surface area contributed by atoms with E-state index in [1.54, 1.807) is 0 Å². The van der Waals surface area contributed by atoms with Crippen molar-refractivity contribution in [2.45, 2.75) is 12.8 Å². The van der Waals surface area contributed by atoms with Crippen molar-refractivity contribution in [1.29, 1.82) is 0 Å². The van der Waals surface area contributed by atoms with Crippen LogP contribution < -0.4 is 10.2 Å². The van der Waals surface area contributed by atoms with Crippen LogP contribution in [0.25, 0.3) is 0 Å². The van der Waals surface area contributed by atoms with Gasteiger partial charge in [-0.2, -0.15) is 0 Å². The SMILES string of the molecule is O=C(CCN1CCc2ccccc21)N1CCNCC1. The summed E-state index contributed by atoms with van der Waals surface area (Å²) in [7, 11) is 0. The summed E-state index contributed by atoms with van der Waals surface area (Å²) in [6, 6.07) is 8.52. The Labute approximate surface area is 114 Å². The van der Waals surface area contributed by atoms with Gasteiger partial charge in [0.05, 0.1) is 0 Å². The van der Waals surface area contributed by atoms with Crippen LogP contribution in [0.4, 0.5) is 5.69 Å². The van der Waals surface area contributed by atoms with Gasteiger partial charge in [-0.05, 0) is 18.1 Å². The van der Waals surface area contributed by atoms with Crippen LogP contribution >= 0.6 is 0 Å². The molecule has 1 aromatic carbocycles. The van der Waals surface area contributed by atoms with Crippen LogP contribution in [-0.2, 0) is 11.2 Å². The molecule has 1 aromatic rings. The van der Waals surface area contributed by atoms with Gasteiger partial charge in [-0.15, -0.1) is 0 Å². The van der Waals surface area contributed by atoms with Crippen LogP contribution in [0, 0.1) is 0 Å². The number of hydrogen-bond donors (Lipinski definition) is 1. The van der Waals surface area contributed by atoms with Crippen molar-refractivity contribution in [2.24, 2.45) is 0 Å². The van der Waals surface area contributed by atoms with Gasteiger partial charge in [0.25, 0.3) is 0 Å². The minimum absolute atomic E-state index is 0.297. The van der Waals surface area contributed by atoms with Crippen LogP contribution in [-0.4, -0.2) is 50.1 Å². The van der Waals surface area contributed by atoms with E-state index >= 15 is 0 Å². The van der Waals surface area contributed by atoms with Crippen molar-refractivity contribution in [3.63, 3.8) is 0 Å². The van der Waals surface area contributed by atoms with Crippen molar-refractivity contribution >= 4 is 11.6 Å². The van der Waals surface area contributed by atoms with Crippen LogP contribution in [0.3, 0.4) is 0 Å². The van der Waals surface area contributed by atoms with Crippen molar-refractivity contribution in [1.82, 2.24) is 10.2 Å². The predicted molar refractivity (Wildman–Crippen MR) is 76.4 cm³/mol. The molecule has 0 radical (unpaired) electrons. The zero-order valence-electron chi connectivity index (χ0n) is 11.3. The molecule has 0 unspecified atom stereocenters. The number of carbonyl (C=O) groups excluding carboxylic acids is 1. The quantitative estimate of drug-likeness (QED) is 0.875. The summed E-state index contributed by atoms with van der Waals surface area (Å²) in [4.78, 5) is 16.5. The summed E-state index contributed by atoms with van der Waals surface area (Å²) < 4.78 is 0. The van der Waals surface area contributed by atoms with Gasteiger partial charge >= 0.3 is 0 Å². The Morgan fingerprint density at radius 2 is 1.95 bits per heavy atom. The molecule has 0 atom stereocenters. The number of para-hydroxylation sites is 1. The van der Waals surface area contributed by atoms with Gasteiger partial charge in [0.1, 0.15) is 0 Å².